The minimum atomic E-state index is 0.306. The molecule has 0 unspecified atom stereocenters. The number of nitrogens with one attached hydrogen (secondary N) is 1. The average Bonchev–Trinajstić information content (AvgIpc) is 2.59. The molecule has 0 aromatic heterocycles. The summed E-state index contributed by atoms with van der Waals surface area (Å²) in [5.74, 6) is 0.327. The summed E-state index contributed by atoms with van der Waals surface area (Å²) in [6.07, 6.45) is 4.87. The van der Waals surface area contributed by atoms with Crippen molar-refractivity contribution in [2.45, 2.75) is 59.8 Å². The van der Waals surface area contributed by atoms with E-state index in [2.05, 4.69) is 26.1 Å². The number of rotatable bonds is 5. The van der Waals surface area contributed by atoms with E-state index in [9.17, 15) is 4.79 Å². The zero-order chi connectivity index (χ0) is 12.2. The molecular formula is C14H25NO. The molecule has 0 spiro atoms. The Hall–Kier alpha value is -0.790. The Morgan fingerprint density at radius 3 is 2.50 bits per heavy atom. The normalized spacial score (nSPS) is 21.8. The number of allylic oxidation sites excluding steroid dienone is 2. The average molecular weight is 223 g/mol. The molecule has 16 heavy (non-hydrogen) atoms. The standard InChI is InChI=1S/C14H25NO/c1-5-7-8-11(13(16)6-2)12-9-14(3,4)10-15-12/h15H,5-10H2,1-4H3/b12-11+. The second-order valence-electron chi connectivity index (χ2n) is 5.53. The molecule has 0 aliphatic carbocycles. The van der Waals surface area contributed by atoms with Gasteiger partial charge in [0.25, 0.3) is 0 Å². The molecule has 1 aliphatic heterocycles. The molecule has 1 saturated heterocycles. The predicted molar refractivity (Wildman–Crippen MR) is 68.2 cm³/mol. The quantitative estimate of drug-likeness (QED) is 0.723. The van der Waals surface area contributed by atoms with Crippen molar-refractivity contribution < 1.29 is 4.79 Å². The molecule has 2 heteroatoms. The maximum atomic E-state index is 11.9. The Bertz CT molecular complexity index is 289. The lowest BCUT2D eigenvalue weighted by Gasteiger charge is -2.13. The Morgan fingerprint density at radius 1 is 1.38 bits per heavy atom. The van der Waals surface area contributed by atoms with E-state index in [1.54, 1.807) is 0 Å². The van der Waals surface area contributed by atoms with Gasteiger partial charge in [-0.25, -0.2) is 0 Å². The maximum absolute atomic E-state index is 11.9. The van der Waals surface area contributed by atoms with Gasteiger partial charge in [0.05, 0.1) is 0 Å². The van der Waals surface area contributed by atoms with Gasteiger partial charge in [-0.3, -0.25) is 4.79 Å². The molecule has 0 amide bonds. The van der Waals surface area contributed by atoms with Gasteiger partial charge in [-0.15, -0.1) is 0 Å². The second kappa shape index (κ2) is 5.51. The third-order valence-corrected chi connectivity index (χ3v) is 3.24. The smallest absolute Gasteiger partial charge is 0.160 e. The highest BCUT2D eigenvalue weighted by Gasteiger charge is 2.29. The summed E-state index contributed by atoms with van der Waals surface area (Å²) < 4.78 is 0. The van der Waals surface area contributed by atoms with Crippen LogP contribution in [0.2, 0.25) is 0 Å². The molecule has 0 aromatic rings. The lowest BCUT2D eigenvalue weighted by atomic mass is 9.89. The third-order valence-electron chi connectivity index (χ3n) is 3.24. The summed E-state index contributed by atoms with van der Waals surface area (Å²) in [5, 5.41) is 3.43. The molecule has 1 N–H and O–H groups in total. The summed E-state index contributed by atoms with van der Waals surface area (Å²) in [4.78, 5) is 11.9. The Labute approximate surface area is 99.5 Å². The highest BCUT2D eigenvalue weighted by molar-refractivity contribution is 5.95. The van der Waals surface area contributed by atoms with Crippen molar-refractivity contribution in [3.05, 3.63) is 11.3 Å². The minimum Gasteiger partial charge on any atom is -0.387 e. The summed E-state index contributed by atoms with van der Waals surface area (Å²) >= 11 is 0. The lowest BCUT2D eigenvalue weighted by Crippen LogP contribution is -2.16. The first-order valence-electron chi connectivity index (χ1n) is 6.49. The molecule has 0 saturated carbocycles. The van der Waals surface area contributed by atoms with Gasteiger partial charge in [-0.2, -0.15) is 0 Å². The van der Waals surface area contributed by atoms with Crippen LogP contribution in [0.5, 0.6) is 0 Å². The first-order valence-corrected chi connectivity index (χ1v) is 6.49. The van der Waals surface area contributed by atoms with Gasteiger partial charge in [0.15, 0.2) is 5.78 Å². The molecule has 0 bridgehead atoms. The largest absolute Gasteiger partial charge is 0.387 e. The fourth-order valence-electron chi connectivity index (χ4n) is 2.19. The third kappa shape index (κ3) is 3.36. The van der Waals surface area contributed by atoms with Gasteiger partial charge in [0.1, 0.15) is 0 Å². The molecule has 0 radical (unpaired) electrons. The number of hydrogen-bond acceptors (Lipinski definition) is 2. The molecule has 0 aromatic carbocycles. The first-order chi connectivity index (χ1) is 7.50. The fourth-order valence-corrected chi connectivity index (χ4v) is 2.19. The molecule has 1 rings (SSSR count). The van der Waals surface area contributed by atoms with Crippen molar-refractivity contribution in [2.24, 2.45) is 5.41 Å². The van der Waals surface area contributed by atoms with Gasteiger partial charge in [0.2, 0.25) is 0 Å². The van der Waals surface area contributed by atoms with Crippen LogP contribution in [0.3, 0.4) is 0 Å². The highest BCUT2D eigenvalue weighted by atomic mass is 16.1. The molecule has 2 nitrogen and oxygen atoms in total. The fraction of sp³-hybridized carbons (Fsp3) is 0.786. The van der Waals surface area contributed by atoms with Crippen molar-refractivity contribution in [2.75, 3.05) is 6.54 Å². The van der Waals surface area contributed by atoms with E-state index in [-0.39, 0.29) is 0 Å². The van der Waals surface area contributed by atoms with Crippen molar-refractivity contribution >= 4 is 5.78 Å². The van der Waals surface area contributed by atoms with E-state index >= 15 is 0 Å². The molecular weight excluding hydrogens is 198 g/mol. The number of unbranched alkanes of at least 4 members (excludes halogenated alkanes) is 1. The van der Waals surface area contributed by atoms with Crippen LogP contribution in [0.4, 0.5) is 0 Å². The summed E-state index contributed by atoms with van der Waals surface area (Å²) in [6, 6.07) is 0. The van der Waals surface area contributed by atoms with Crippen LogP contribution in [0.25, 0.3) is 0 Å². The zero-order valence-corrected chi connectivity index (χ0v) is 11.2. The molecule has 0 atom stereocenters. The van der Waals surface area contributed by atoms with E-state index in [1.165, 1.54) is 5.70 Å². The maximum Gasteiger partial charge on any atom is 0.160 e. The predicted octanol–water partition coefficient (Wildman–Crippen LogP) is 3.43. The van der Waals surface area contributed by atoms with Crippen LogP contribution in [0.1, 0.15) is 59.8 Å². The van der Waals surface area contributed by atoms with Crippen molar-refractivity contribution in [3.63, 3.8) is 0 Å². The van der Waals surface area contributed by atoms with Crippen molar-refractivity contribution in [1.82, 2.24) is 5.32 Å². The van der Waals surface area contributed by atoms with E-state index in [4.69, 9.17) is 0 Å². The molecule has 1 aliphatic rings. The number of carbonyl (C=O) groups excluding carboxylic acids is 1. The molecule has 92 valence electrons. The first kappa shape index (κ1) is 13.3. The van der Waals surface area contributed by atoms with Gasteiger partial charge < -0.3 is 5.32 Å². The van der Waals surface area contributed by atoms with E-state index in [0.29, 0.717) is 17.6 Å². The van der Waals surface area contributed by atoms with E-state index in [0.717, 1.165) is 37.8 Å². The van der Waals surface area contributed by atoms with Gasteiger partial charge >= 0.3 is 0 Å². The zero-order valence-electron chi connectivity index (χ0n) is 11.2. The monoisotopic (exact) mass is 223 g/mol. The lowest BCUT2D eigenvalue weighted by molar-refractivity contribution is -0.115. The van der Waals surface area contributed by atoms with Crippen molar-refractivity contribution in [3.8, 4) is 0 Å². The van der Waals surface area contributed by atoms with Crippen molar-refractivity contribution in [1.29, 1.82) is 0 Å². The van der Waals surface area contributed by atoms with Crippen LogP contribution in [0.15, 0.2) is 11.3 Å². The highest BCUT2D eigenvalue weighted by Crippen LogP contribution is 2.32. The van der Waals surface area contributed by atoms with Crippen LogP contribution >= 0.6 is 0 Å². The number of carbonyl (C=O) groups is 1. The molecule has 1 fully saturated rings. The van der Waals surface area contributed by atoms with Gasteiger partial charge in [-0.05, 0) is 24.7 Å². The SMILES string of the molecule is CCCC/C(C(=O)CC)=C1/CC(C)(C)CN1. The van der Waals surface area contributed by atoms with E-state index in [1.807, 2.05) is 6.92 Å². The molecule has 1 heterocycles. The van der Waals surface area contributed by atoms with Gasteiger partial charge in [0, 0.05) is 24.2 Å². The van der Waals surface area contributed by atoms with Crippen LogP contribution in [0, 0.1) is 5.41 Å². The summed E-state index contributed by atoms with van der Waals surface area (Å²) in [6.45, 7) is 9.62. The topological polar surface area (TPSA) is 29.1 Å². The van der Waals surface area contributed by atoms with Crippen LogP contribution in [-0.2, 0) is 4.79 Å². The second-order valence-corrected chi connectivity index (χ2v) is 5.53. The summed E-state index contributed by atoms with van der Waals surface area (Å²) in [5.41, 5.74) is 2.58. The van der Waals surface area contributed by atoms with Gasteiger partial charge in [-0.1, -0.05) is 34.1 Å². The number of hydrogen-bond donors (Lipinski definition) is 1. The van der Waals surface area contributed by atoms with Crippen LogP contribution in [-0.4, -0.2) is 12.3 Å². The van der Waals surface area contributed by atoms with Crippen LogP contribution < -0.4 is 5.32 Å². The Balaban J connectivity index is 2.82. The Kier molecular flexibility index (Phi) is 4.57. The Morgan fingerprint density at radius 2 is 2.06 bits per heavy atom. The number of ketones is 1. The summed E-state index contributed by atoms with van der Waals surface area (Å²) in [7, 11) is 0. The van der Waals surface area contributed by atoms with E-state index < -0.39 is 0 Å². The number of Topliss-reactive ketones (excluding diaryl/α,β-unsaturated/α-hetero) is 1. The minimum absolute atomic E-state index is 0.306.